The van der Waals surface area contributed by atoms with Crippen molar-refractivity contribution < 1.29 is 14.4 Å². The summed E-state index contributed by atoms with van der Waals surface area (Å²) in [4.78, 5) is 43.5. The summed E-state index contributed by atoms with van der Waals surface area (Å²) in [5.74, 6) is -2.72. The smallest absolute Gasteiger partial charge is 0.316 e. The summed E-state index contributed by atoms with van der Waals surface area (Å²) in [7, 11) is 2.01. The maximum atomic E-state index is 12.0. The first-order valence-electron chi connectivity index (χ1n) is 7.62. The van der Waals surface area contributed by atoms with E-state index < -0.39 is 17.7 Å². The summed E-state index contributed by atoms with van der Waals surface area (Å²) in [6.07, 6.45) is 0.802. The number of likely N-dealkylation sites (N-methyl/N-ethyl adjacent to an activating group) is 1. The molecule has 0 saturated heterocycles. The molecule has 130 valence electrons. The fraction of sp³-hybridized carbons (Fsp3) is 0.250. The largest absolute Gasteiger partial charge is 0.398 e. The van der Waals surface area contributed by atoms with Gasteiger partial charge in [-0.05, 0) is 19.2 Å². The minimum absolute atomic E-state index is 0.136. The lowest BCUT2D eigenvalue weighted by atomic mass is 10.1. The Morgan fingerprint density at radius 1 is 1.24 bits per heavy atom. The van der Waals surface area contributed by atoms with Crippen LogP contribution in [-0.4, -0.2) is 41.2 Å². The molecule has 2 heterocycles. The number of hydrogen-bond acceptors (Lipinski definition) is 7. The van der Waals surface area contributed by atoms with Crippen molar-refractivity contribution in [1.29, 1.82) is 0 Å². The highest BCUT2D eigenvalue weighted by Gasteiger charge is 2.23. The van der Waals surface area contributed by atoms with Crippen LogP contribution in [0.4, 0.5) is 10.8 Å². The Morgan fingerprint density at radius 3 is 2.76 bits per heavy atom. The summed E-state index contributed by atoms with van der Waals surface area (Å²) < 4.78 is 0. The molecule has 0 bridgehead atoms. The number of rotatable bonds is 2. The number of benzene rings is 1. The number of thiazole rings is 1. The zero-order valence-corrected chi connectivity index (χ0v) is 14.4. The van der Waals surface area contributed by atoms with Gasteiger partial charge in [-0.25, -0.2) is 4.98 Å². The lowest BCUT2D eigenvalue weighted by molar-refractivity contribution is -0.135. The maximum Gasteiger partial charge on any atom is 0.316 e. The lowest BCUT2D eigenvalue weighted by Crippen LogP contribution is -2.39. The van der Waals surface area contributed by atoms with Crippen molar-refractivity contribution in [2.45, 2.75) is 13.0 Å². The first-order chi connectivity index (χ1) is 11.9. The summed E-state index contributed by atoms with van der Waals surface area (Å²) in [6, 6.07) is 6.30. The molecule has 1 aliphatic rings. The first-order valence-corrected chi connectivity index (χ1v) is 8.44. The number of nitrogen functional groups attached to an aromatic ring is 1. The molecule has 0 spiro atoms. The fourth-order valence-corrected chi connectivity index (χ4v) is 3.54. The van der Waals surface area contributed by atoms with Crippen LogP contribution in [-0.2, 0) is 22.6 Å². The number of nitrogens with zero attached hydrogens (tertiary/aromatic N) is 2. The number of para-hydroxylation sites is 1. The molecular weight excluding hydrogens is 342 g/mol. The molecule has 25 heavy (non-hydrogen) atoms. The number of aromatic nitrogens is 1. The molecule has 2 aromatic rings. The van der Waals surface area contributed by atoms with Crippen LogP contribution in [0.5, 0.6) is 0 Å². The van der Waals surface area contributed by atoms with Gasteiger partial charge in [-0.1, -0.05) is 12.1 Å². The van der Waals surface area contributed by atoms with Gasteiger partial charge < -0.3 is 10.6 Å². The average molecular weight is 359 g/mol. The quantitative estimate of drug-likeness (QED) is 0.534. The Morgan fingerprint density at radius 2 is 2.00 bits per heavy atom. The van der Waals surface area contributed by atoms with Crippen molar-refractivity contribution in [3.05, 3.63) is 40.4 Å². The molecule has 1 aromatic heterocycles. The van der Waals surface area contributed by atoms with E-state index in [2.05, 4.69) is 15.2 Å². The normalized spacial score (nSPS) is 13.8. The van der Waals surface area contributed by atoms with Gasteiger partial charge in [0.2, 0.25) is 0 Å². The van der Waals surface area contributed by atoms with E-state index in [9.17, 15) is 14.4 Å². The van der Waals surface area contributed by atoms with E-state index in [1.807, 2.05) is 12.4 Å². The zero-order chi connectivity index (χ0) is 18.0. The van der Waals surface area contributed by atoms with E-state index in [-0.39, 0.29) is 11.3 Å². The molecule has 1 aromatic carbocycles. The molecule has 0 unspecified atom stereocenters. The summed E-state index contributed by atoms with van der Waals surface area (Å²) in [5, 5.41) is 4.82. The topological polar surface area (TPSA) is 117 Å². The van der Waals surface area contributed by atoms with Crippen molar-refractivity contribution in [3.8, 4) is 0 Å². The van der Waals surface area contributed by atoms with Gasteiger partial charge in [0.25, 0.3) is 5.91 Å². The molecule has 0 fully saturated rings. The number of hydrogen-bond donors (Lipinski definition) is 3. The monoisotopic (exact) mass is 359 g/mol. The van der Waals surface area contributed by atoms with Crippen LogP contribution in [0, 0.1) is 0 Å². The maximum absolute atomic E-state index is 12.0. The minimum Gasteiger partial charge on any atom is -0.398 e. The van der Waals surface area contributed by atoms with E-state index in [1.54, 1.807) is 12.1 Å². The highest BCUT2D eigenvalue weighted by molar-refractivity contribution is 7.16. The SMILES string of the molecule is CN1CCc2nc(NC(=O)C(=O)NC(=O)c3ccccc3N)sc2C1. The second-order valence-corrected chi connectivity index (χ2v) is 6.78. The number of carbonyl (C=O) groups is 3. The second kappa shape index (κ2) is 6.99. The Balaban J connectivity index is 1.63. The average Bonchev–Trinajstić information content (AvgIpc) is 2.96. The Kier molecular flexibility index (Phi) is 4.77. The van der Waals surface area contributed by atoms with E-state index in [4.69, 9.17) is 5.73 Å². The molecular formula is C16H17N5O3S. The van der Waals surface area contributed by atoms with Crippen molar-refractivity contribution in [3.63, 3.8) is 0 Å². The van der Waals surface area contributed by atoms with Crippen LogP contribution >= 0.6 is 11.3 Å². The Bertz CT molecular complexity index is 848. The predicted octanol–water partition coefficient (Wildman–Crippen LogP) is 0.608. The van der Waals surface area contributed by atoms with Crippen molar-refractivity contribution >= 4 is 39.9 Å². The van der Waals surface area contributed by atoms with Gasteiger partial charge in [-0.15, -0.1) is 11.3 Å². The molecule has 3 rings (SSSR count). The number of anilines is 2. The Hall–Kier alpha value is -2.78. The molecule has 0 radical (unpaired) electrons. The van der Waals surface area contributed by atoms with Crippen LogP contribution in [0.15, 0.2) is 24.3 Å². The van der Waals surface area contributed by atoms with Crippen LogP contribution in [0.2, 0.25) is 0 Å². The number of imide groups is 1. The van der Waals surface area contributed by atoms with Crippen LogP contribution < -0.4 is 16.4 Å². The van der Waals surface area contributed by atoms with Gasteiger partial charge in [0.1, 0.15) is 0 Å². The molecule has 0 aliphatic carbocycles. The first kappa shape index (κ1) is 17.1. The number of carbonyl (C=O) groups excluding carboxylic acids is 3. The molecule has 1 aliphatic heterocycles. The standard InChI is InChI=1S/C16H17N5O3S/c1-21-7-6-11-12(8-21)25-16(18-11)20-15(24)14(23)19-13(22)9-4-2-3-5-10(9)17/h2-5H,6-8,17H2,1H3,(H,18,20,24)(H,19,22,23). The van der Waals surface area contributed by atoms with Crippen molar-refractivity contribution in [1.82, 2.24) is 15.2 Å². The summed E-state index contributed by atoms with van der Waals surface area (Å²) in [6.45, 7) is 1.67. The van der Waals surface area contributed by atoms with Gasteiger partial charge in [-0.3, -0.25) is 25.0 Å². The van der Waals surface area contributed by atoms with E-state index in [0.717, 1.165) is 30.1 Å². The van der Waals surface area contributed by atoms with Gasteiger partial charge in [0, 0.05) is 30.1 Å². The van der Waals surface area contributed by atoms with E-state index in [1.165, 1.54) is 23.5 Å². The van der Waals surface area contributed by atoms with Gasteiger partial charge in [0.15, 0.2) is 5.13 Å². The zero-order valence-electron chi connectivity index (χ0n) is 13.5. The van der Waals surface area contributed by atoms with Gasteiger partial charge in [0.05, 0.1) is 11.3 Å². The van der Waals surface area contributed by atoms with Gasteiger partial charge in [-0.2, -0.15) is 0 Å². The third-order valence-corrected chi connectivity index (χ3v) is 4.78. The van der Waals surface area contributed by atoms with Crippen LogP contribution in [0.25, 0.3) is 0 Å². The number of nitrogens with two attached hydrogens (primary N) is 1. The molecule has 4 N–H and O–H groups in total. The minimum atomic E-state index is -1.06. The van der Waals surface area contributed by atoms with E-state index in [0.29, 0.717) is 5.13 Å². The second-order valence-electron chi connectivity index (χ2n) is 5.70. The van der Waals surface area contributed by atoms with Crippen molar-refractivity contribution in [2.24, 2.45) is 0 Å². The lowest BCUT2D eigenvalue weighted by Gasteiger charge is -2.20. The fourth-order valence-electron chi connectivity index (χ4n) is 2.46. The molecule has 0 atom stereocenters. The number of amides is 3. The molecule has 0 saturated carbocycles. The van der Waals surface area contributed by atoms with E-state index >= 15 is 0 Å². The highest BCUT2D eigenvalue weighted by Crippen LogP contribution is 2.27. The third kappa shape index (κ3) is 3.83. The molecule has 8 nitrogen and oxygen atoms in total. The predicted molar refractivity (Wildman–Crippen MR) is 94.1 cm³/mol. The van der Waals surface area contributed by atoms with Gasteiger partial charge >= 0.3 is 11.8 Å². The van der Waals surface area contributed by atoms with Crippen LogP contribution in [0.3, 0.4) is 0 Å². The number of nitrogens with one attached hydrogen (secondary N) is 2. The third-order valence-electron chi connectivity index (χ3n) is 3.78. The summed E-state index contributed by atoms with van der Waals surface area (Å²) >= 11 is 1.33. The molecule has 9 heteroatoms. The highest BCUT2D eigenvalue weighted by atomic mass is 32.1. The number of fused-ring (bicyclic) bond motifs is 1. The Labute approximate surface area is 148 Å². The van der Waals surface area contributed by atoms with Crippen molar-refractivity contribution in [2.75, 3.05) is 24.6 Å². The summed E-state index contributed by atoms with van der Waals surface area (Å²) in [5.41, 5.74) is 6.98. The van der Waals surface area contributed by atoms with Crippen LogP contribution in [0.1, 0.15) is 20.9 Å². The molecule has 3 amide bonds.